The van der Waals surface area contributed by atoms with Crippen molar-refractivity contribution in [3.63, 3.8) is 0 Å². The van der Waals surface area contributed by atoms with Crippen molar-refractivity contribution in [1.29, 1.82) is 0 Å². The maximum absolute atomic E-state index is 13.0. The van der Waals surface area contributed by atoms with Crippen molar-refractivity contribution in [2.75, 3.05) is 49.8 Å². The molecule has 2 aromatic carbocycles. The second kappa shape index (κ2) is 15.4. The van der Waals surface area contributed by atoms with Crippen molar-refractivity contribution in [2.24, 2.45) is 0 Å². The second-order valence-corrected chi connectivity index (χ2v) is 13.4. The number of nitrogens with zero attached hydrogens (tertiary/aromatic N) is 3. The summed E-state index contributed by atoms with van der Waals surface area (Å²) in [5.74, 6) is -0.0246. The lowest BCUT2D eigenvalue weighted by molar-refractivity contribution is -0.116. The molecule has 8 nitrogen and oxygen atoms in total. The first-order chi connectivity index (χ1) is 19.8. The van der Waals surface area contributed by atoms with Gasteiger partial charge in [-0.1, -0.05) is 50.5 Å². The van der Waals surface area contributed by atoms with Gasteiger partial charge in [0.2, 0.25) is 5.91 Å². The van der Waals surface area contributed by atoms with Crippen LogP contribution >= 0.6 is 11.3 Å². The monoisotopic (exact) mass is 597 g/mol. The number of rotatable bonds is 15. The van der Waals surface area contributed by atoms with Crippen molar-refractivity contribution in [1.82, 2.24) is 14.8 Å². The standard InChI is InChI=1S/C31H43N5O3S2/c1-3-4-6-10-25-14-16-28(17-15-25)41(38,39)34-27-12-9-11-26(23-27)29-24-40-31(32-29)33-30(37)13-7-5-8-18-36-21-19-35(2)20-22-36/h9,11-12,14-17,23-24,34H,3-8,10,13,18-22H2,1-2H3,(H,32,33,37). The minimum atomic E-state index is -3.72. The zero-order valence-corrected chi connectivity index (χ0v) is 25.9. The van der Waals surface area contributed by atoms with Crippen LogP contribution in [0.5, 0.6) is 0 Å². The minimum Gasteiger partial charge on any atom is -0.304 e. The molecule has 0 saturated carbocycles. The number of likely N-dealkylation sites (N-methyl/N-ethyl adjacent to an activating group) is 1. The number of carbonyl (C=O) groups is 1. The Morgan fingerprint density at radius 2 is 1.76 bits per heavy atom. The molecule has 2 heterocycles. The van der Waals surface area contributed by atoms with Gasteiger partial charge in [0.25, 0.3) is 10.0 Å². The van der Waals surface area contributed by atoms with Gasteiger partial charge < -0.3 is 15.1 Å². The summed E-state index contributed by atoms with van der Waals surface area (Å²) in [6.07, 6.45) is 7.88. The Morgan fingerprint density at radius 1 is 0.976 bits per heavy atom. The van der Waals surface area contributed by atoms with Crippen LogP contribution < -0.4 is 10.0 Å². The Labute approximate surface area is 249 Å². The van der Waals surface area contributed by atoms with Gasteiger partial charge in [-0.25, -0.2) is 13.4 Å². The Bertz CT molecular complexity index is 1350. The Kier molecular flexibility index (Phi) is 11.7. The largest absolute Gasteiger partial charge is 0.304 e. The van der Waals surface area contributed by atoms with E-state index >= 15 is 0 Å². The fourth-order valence-corrected chi connectivity index (χ4v) is 6.67. The lowest BCUT2D eigenvalue weighted by Crippen LogP contribution is -2.44. The molecule has 0 aliphatic carbocycles. The van der Waals surface area contributed by atoms with Crippen molar-refractivity contribution >= 4 is 38.1 Å². The van der Waals surface area contributed by atoms with E-state index in [4.69, 9.17) is 0 Å². The molecule has 1 amide bonds. The van der Waals surface area contributed by atoms with Crippen LogP contribution in [0.25, 0.3) is 11.3 Å². The van der Waals surface area contributed by atoms with Gasteiger partial charge in [-0.3, -0.25) is 9.52 Å². The summed E-state index contributed by atoms with van der Waals surface area (Å²) < 4.78 is 28.7. The first-order valence-corrected chi connectivity index (χ1v) is 17.1. The Hall–Kier alpha value is -2.79. The average Bonchev–Trinajstić information content (AvgIpc) is 3.43. The summed E-state index contributed by atoms with van der Waals surface area (Å²) in [6, 6.07) is 14.3. The molecule has 3 aromatic rings. The number of hydrogen-bond donors (Lipinski definition) is 2. The van der Waals surface area contributed by atoms with Crippen molar-refractivity contribution in [3.05, 3.63) is 59.5 Å². The molecule has 0 radical (unpaired) electrons. The van der Waals surface area contributed by atoms with Crippen LogP contribution in [0.1, 0.15) is 57.4 Å². The SMILES string of the molecule is CCCCCc1ccc(S(=O)(=O)Nc2cccc(-c3csc(NC(=O)CCCCCN4CCN(C)CC4)n3)c2)cc1. The summed E-state index contributed by atoms with van der Waals surface area (Å²) >= 11 is 1.37. The molecule has 4 rings (SSSR count). The van der Waals surface area contributed by atoms with Crippen molar-refractivity contribution < 1.29 is 13.2 Å². The van der Waals surface area contributed by atoms with E-state index in [1.165, 1.54) is 17.8 Å². The van der Waals surface area contributed by atoms with Gasteiger partial charge in [-0.2, -0.15) is 0 Å². The van der Waals surface area contributed by atoms with Gasteiger partial charge in [0.15, 0.2) is 5.13 Å². The van der Waals surface area contributed by atoms with Gasteiger partial charge in [0.05, 0.1) is 10.6 Å². The highest BCUT2D eigenvalue weighted by molar-refractivity contribution is 7.92. The van der Waals surface area contributed by atoms with E-state index in [-0.39, 0.29) is 10.8 Å². The molecule has 1 saturated heterocycles. The van der Waals surface area contributed by atoms with Crippen LogP contribution in [0.2, 0.25) is 0 Å². The van der Waals surface area contributed by atoms with Gasteiger partial charge in [-0.05, 0) is 69.1 Å². The molecule has 2 N–H and O–H groups in total. The van der Waals surface area contributed by atoms with Gasteiger partial charge in [-0.15, -0.1) is 11.3 Å². The number of piperazine rings is 1. The normalized spacial score (nSPS) is 14.7. The molecule has 1 aromatic heterocycles. The third-order valence-corrected chi connectivity index (χ3v) is 9.59. The van der Waals surface area contributed by atoms with Crippen LogP contribution in [0.4, 0.5) is 10.8 Å². The van der Waals surface area contributed by atoms with E-state index in [0.29, 0.717) is 22.9 Å². The van der Waals surface area contributed by atoms with E-state index in [0.717, 1.165) is 82.4 Å². The number of aryl methyl sites for hydroxylation is 1. The highest BCUT2D eigenvalue weighted by Crippen LogP contribution is 2.28. The molecule has 0 unspecified atom stereocenters. The number of unbranched alkanes of at least 4 members (excludes halogenated alkanes) is 4. The molecular weight excluding hydrogens is 555 g/mol. The third kappa shape index (κ3) is 9.92. The Balaban J connectivity index is 1.24. The number of anilines is 2. The number of hydrogen-bond acceptors (Lipinski definition) is 7. The maximum atomic E-state index is 13.0. The second-order valence-electron chi connectivity index (χ2n) is 10.8. The molecule has 1 fully saturated rings. The number of aromatic nitrogens is 1. The van der Waals surface area contributed by atoms with Crippen LogP contribution in [0, 0.1) is 0 Å². The van der Waals surface area contributed by atoms with Gasteiger partial charge in [0.1, 0.15) is 0 Å². The fourth-order valence-electron chi connectivity index (χ4n) is 4.89. The van der Waals surface area contributed by atoms with Crippen LogP contribution in [0.15, 0.2) is 58.8 Å². The topological polar surface area (TPSA) is 94.6 Å². The summed E-state index contributed by atoms with van der Waals surface area (Å²) in [6.45, 7) is 7.79. The molecular formula is C31H43N5O3S2. The molecule has 10 heteroatoms. The lowest BCUT2D eigenvalue weighted by atomic mass is 10.1. The summed E-state index contributed by atoms with van der Waals surface area (Å²) in [5.41, 5.74) is 3.07. The highest BCUT2D eigenvalue weighted by atomic mass is 32.2. The summed E-state index contributed by atoms with van der Waals surface area (Å²) in [5, 5.41) is 5.33. The number of sulfonamides is 1. The van der Waals surface area contributed by atoms with E-state index < -0.39 is 10.0 Å². The van der Waals surface area contributed by atoms with Crippen molar-refractivity contribution in [2.45, 2.75) is 63.2 Å². The highest BCUT2D eigenvalue weighted by Gasteiger charge is 2.16. The number of benzene rings is 2. The van der Waals surface area contributed by atoms with E-state index in [2.05, 4.69) is 38.8 Å². The smallest absolute Gasteiger partial charge is 0.261 e. The molecule has 0 atom stereocenters. The zero-order valence-electron chi connectivity index (χ0n) is 24.3. The molecule has 1 aliphatic rings. The predicted molar refractivity (Wildman–Crippen MR) is 169 cm³/mol. The van der Waals surface area contributed by atoms with Crippen molar-refractivity contribution in [3.8, 4) is 11.3 Å². The quantitative estimate of drug-likeness (QED) is 0.206. The molecule has 0 spiro atoms. The first kappa shape index (κ1) is 31.2. The summed E-state index contributed by atoms with van der Waals surface area (Å²) in [7, 11) is -1.55. The first-order valence-electron chi connectivity index (χ1n) is 14.7. The van der Waals surface area contributed by atoms with E-state index in [9.17, 15) is 13.2 Å². The predicted octanol–water partition coefficient (Wildman–Crippen LogP) is 6.09. The van der Waals surface area contributed by atoms with E-state index in [1.807, 2.05) is 23.6 Å². The van der Waals surface area contributed by atoms with E-state index in [1.54, 1.807) is 30.3 Å². The van der Waals surface area contributed by atoms with Gasteiger partial charge in [0, 0.05) is 49.2 Å². The lowest BCUT2D eigenvalue weighted by Gasteiger charge is -2.32. The fraction of sp³-hybridized carbons (Fsp3) is 0.484. The zero-order chi connectivity index (χ0) is 29.1. The number of carbonyl (C=O) groups excluding carboxylic acids is 1. The number of nitrogens with one attached hydrogen (secondary N) is 2. The maximum Gasteiger partial charge on any atom is 0.261 e. The number of amides is 1. The molecule has 41 heavy (non-hydrogen) atoms. The third-order valence-electron chi connectivity index (χ3n) is 7.44. The van der Waals surface area contributed by atoms with Gasteiger partial charge >= 0.3 is 0 Å². The molecule has 222 valence electrons. The van der Waals surface area contributed by atoms with Crippen LogP contribution in [-0.2, 0) is 21.2 Å². The molecule has 1 aliphatic heterocycles. The number of thiazole rings is 1. The minimum absolute atomic E-state index is 0.0246. The average molecular weight is 598 g/mol. The summed E-state index contributed by atoms with van der Waals surface area (Å²) in [4.78, 5) is 22.1. The van der Waals surface area contributed by atoms with Crippen LogP contribution in [-0.4, -0.2) is 68.9 Å². The van der Waals surface area contributed by atoms with Crippen LogP contribution in [0.3, 0.4) is 0 Å². The molecule has 0 bridgehead atoms. The Morgan fingerprint density at radius 3 is 2.51 bits per heavy atom.